The Labute approximate surface area is 152 Å². The van der Waals surface area contributed by atoms with Crippen LogP contribution in [0.1, 0.15) is 17.0 Å². The number of carbonyl (C=O) groups is 1. The van der Waals surface area contributed by atoms with Crippen molar-refractivity contribution in [3.63, 3.8) is 0 Å². The molecule has 26 heavy (non-hydrogen) atoms. The molecule has 6 nitrogen and oxygen atoms in total. The molecule has 1 unspecified atom stereocenters. The van der Waals surface area contributed by atoms with E-state index in [1.54, 1.807) is 21.3 Å². The number of para-hydroxylation sites is 2. The Kier molecular flexibility index (Phi) is 5.31. The van der Waals surface area contributed by atoms with E-state index in [2.05, 4.69) is 21.7 Å². The Bertz CT molecular complexity index is 904. The first kappa shape index (κ1) is 17.7. The molecule has 0 spiro atoms. The molecule has 0 aliphatic carbocycles. The minimum atomic E-state index is -0.225. The smallest absolute Gasteiger partial charge is 0.314 e. The average Bonchev–Trinajstić information content (AvgIpc) is 3.11. The van der Waals surface area contributed by atoms with Crippen molar-refractivity contribution in [1.82, 2.24) is 15.6 Å². The second-order valence-electron chi connectivity index (χ2n) is 5.88. The highest BCUT2D eigenvalue weighted by atomic mass is 16.5. The lowest BCUT2D eigenvalue weighted by Gasteiger charge is -2.21. The van der Waals surface area contributed by atoms with E-state index in [9.17, 15) is 4.79 Å². The van der Waals surface area contributed by atoms with Crippen molar-refractivity contribution in [3.8, 4) is 11.5 Å². The van der Waals surface area contributed by atoms with E-state index < -0.39 is 0 Å². The van der Waals surface area contributed by atoms with Gasteiger partial charge in [-0.25, -0.2) is 4.79 Å². The second kappa shape index (κ2) is 7.82. The van der Waals surface area contributed by atoms with Gasteiger partial charge in [0.25, 0.3) is 0 Å². The van der Waals surface area contributed by atoms with Crippen LogP contribution in [0.25, 0.3) is 10.9 Å². The average molecular weight is 353 g/mol. The summed E-state index contributed by atoms with van der Waals surface area (Å²) in [5.74, 6) is 1.23. The number of hydrogen-bond acceptors (Lipinski definition) is 3. The van der Waals surface area contributed by atoms with Crippen LogP contribution >= 0.6 is 0 Å². The van der Waals surface area contributed by atoms with Crippen LogP contribution in [0.15, 0.2) is 48.7 Å². The van der Waals surface area contributed by atoms with Gasteiger partial charge in [0.2, 0.25) is 0 Å². The standard InChI is InChI=1S/C20H23N3O3/c1-21-20(24)23-12-16(14-8-6-10-18(25-2)19(14)26-3)15-11-22-17-9-5-4-7-13(15)17/h4-11,16,22H,12H2,1-3H3,(H2,21,23,24). The number of urea groups is 1. The van der Waals surface area contributed by atoms with Gasteiger partial charge in [0.15, 0.2) is 11.5 Å². The molecule has 0 fully saturated rings. The fourth-order valence-electron chi connectivity index (χ4n) is 3.24. The number of amides is 2. The van der Waals surface area contributed by atoms with Crippen LogP contribution in [-0.2, 0) is 0 Å². The number of aromatic amines is 1. The predicted octanol–water partition coefficient (Wildman–Crippen LogP) is 3.25. The second-order valence-corrected chi connectivity index (χ2v) is 5.88. The summed E-state index contributed by atoms with van der Waals surface area (Å²) in [6.07, 6.45) is 1.99. The van der Waals surface area contributed by atoms with Gasteiger partial charge < -0.3 is 25.1 Å². The number of methoxy groups -OCH3 is 2. The largest absolute Gasteiger partial charge is 0.493 e. The Morgan fingerprint density at radius 1 is 1.08 bits per heavy atom. The number of nitrogens with one attached hydrogen (secondary N) is 3. The van der Waals surface area contributed by atoms with Gasteiger partial charge in [-0.15, -0.1) is 0 Å². The molecule has 136 valence electrons. The van der Waals surface area contributed by atoms with Crippen LogP contribution in [0.4, 0.5) is 4.79 Å². The van der Waals surface area contributed by atoms with Gasteiger partial charge in [-0.3, -0.25) is 0 Å². The number of hydrogen-bond donors (Lipinski definition) is 3. The maximum absolute atomic E-state index is 11.8. The van der Waals surface area contributed by atoms with Crippen molar-refractivity contribution in [1.29, 1.82) is 0 Å². The molecule has 0 saturated carbocycles. The third-order valence-corrected chi connectivity index (χ3v) is 4.50. The molecule has 0 radical (unpaired) electrons. The number of ether oxygens (including phenoxy) is 2. The molecule has 2 amide bonds. The highest BCUT2D eigenvalue weighted by Crippen LogP contribution is 2.40. The highest BCUT2D eigenvalue weighted by molar-refractivity contribution is 5.84. The zero-order valence-electron chi connectivity index (χ0n) is 15.1. The Morgan fingerprint density at radius 3 is 2.62 bits per heavy atom. The third-order valence-electron chi connectivity index (χ3n) is 4.50. The van der Waals surface area contributed by atoms with Crippen molar-refractivity contribution in [2.45, 2.75) is 5.92 Å². The lowest BCUT2D eigenvalue weighted by Crippen LogP contribution is -2.35. The van der Waals surface area contributed by atoms with Gasteiger partial charge in [0.05, 0.1) is 14.2 Å². The Hall–Kier alpha value is -3.15. The van der Waals surface area contributed by atoms with Crippen LogP contribution in [0.5, 0.6) is 11.5 Å². The molecule has 0 bridgehead atoms. The predicted molar refractivity (Wildman–Crippen MR) is 102 cm³/mol. The summed E-state index contributed by atoms with van der Waals surface area (Å²) >= 11 is 0. The van der Waals surface area contributed by atoms with Gasteiger partial charge in [-0.1, -0.05) is 30.3 Å². The highest BCUT2D eigenvalue weighted by Gasteiger charge is 2.24. The monoisotopic (exact) mass is 353 g/mol. The maximum Gasteiger partial charge on any atom is 0.314 e. The molecule has 2 aromatic carbocycles. The summed E-state index contributed by atoms with van der Waals surface area (Å²) in [5, 5.41) is 6.62. The summed E-state index contributed by atoms with van der Waals surface area (Å²) in [6.45, 7) is 0.422. The lowest BCUT2D eigenvalue weighted by atomic mass is 9.90. The van der Waals surface area contributed by atoms with Gasteiger partial charge in [0, 0.05) is 42.2 Å². The SMILES string of the molecule is CNC(=O)NCC(c1cccc(OC)c1OC)c1c[nH]c2ccccc12. The summed E-state index contributed by atoms with van der Waals surface area (Å²) < 4.78 is 11.1. The maximum atomic E-state index is 11.8. The fourth-order valence-corrected chi connectivity index (χ4v) is 3.24. The number of H-pyrrole nitrogens is 1. The van der Waals surface area contributed by atoms with Crippen molar-refractivity contribution < 1.29 is 14.3 Å². The van der Waals surface area contributed by atoms with E-state index in [0.29, 0.717) is 18.0 Å². The number of benzene rings is 2. The van der Waals surface area contributed by atoms with Crippen LogP contribution < -0.4 is 20.1 Å². The Balaban J connectivity index is 2.11. The molecular weight excluding hydrogens is 330 g/mol. The number of aromatic nitrogens is 1. The minimum absolute atomic E-state index is 0.103. The first-order valence-electron chi connectivity index (χ1n) is 8.42. The van der Waals surface area contributed by atoms with Crippen LogP contribution in [0.3, 0.4) is 0 Å². The first-order valence-corrected chi connectivity index (χ1v) is 8.42. The third kappa shape index (κ3) is 3.31. The minimum Gasteiger partial charge on any atom is -0.493 e. The molecule has 0 aliphatic heterocycles. The molecule has 3 N–H and O–H groups in total. The topological polar surface area (TPSA) is 75.4 Å². The molecule has 6 heteroatoms. The molecule has 3 aromatic rings. The van der Waals surface area contributed by atoms with E-state index >= 15 is 0 Å². The summed E-state index contributed by atoms with van der Waals surface area (Å²) in [6, 6.07) is 13.7. The van der Waals surface area contributed by atoms with Crippen molar-refractivity contribution >= 4 is 16.9 Å². The molecule has 1 atom stereocenters. The van der Waals surface area contributed by atoms with Crippen LogP contribution in [-0.4, -0.2) is 38.8 Å². The number of carbonyl (C=O) groups excluding carboxylic acids is 1. The van der Waals surface area contributed by atoms with E-state index in [1.807, 2.05) is 42.6 Å². The molecular formula is C20H23N3O3. The quantitative estimate of drug-likeness (QED) is 0.637. The number of fused-ring (bicyclic) bond motifs is 1. The summed E-state index contributed by atoms with van der Waals surface area (Å²) in [7, 11) is 4.84. The first-order chi connectivity index (χ1) is 12.7. The van der Waals surface area contributed by atoms with E-state index in [-0.39, 0.29) is 11.9 Å². The molecule has 0 aliphatic rings. The normalized spacial score (nSPS) is 11.8. The van der Waals surface area contributed by atoms with E-state index in [0.717, 1.165) is 22.0 Å². The molecule has 0 saturated heterocycles. The van der Waals surface area contributed by atoms with Gasteiger partial charge in [-0.2, -0.15) is 0 Å². The van der Waals surface area contributed by atoms with Crippen molar-refractivity contribution in [2.75, 3.05) is 27.8 Å². The molecule has 1 aromatic heterocycles. The van der Waals surface area contributed by atoms with E-state index in [4.69, 9.17) is 9.47 Å². The van der Waals surface area contributed by atoms with Gasteiger partial charge >= 0.3 is 6.03 Å². The van der Waals surface area contributed by atoms with Crippen molar-refractivity contribution in [3.05, 3.63) is 59.8 Å². The van der Waals surface area contributed by atoms with Crippen molar-refractivity contribution in [2.24, 2.45) is 0 Å². The lowest BCUT2D eigenvalue weighted by molar-refractivity contribution is 0.242. The molecule has 3 rings (SSSR count). The summed E-state index contributed by atoms with van der Waals surface area (Å²) in [4.78, 5) is 15.1. The van der Waals surface area contributed by atoms with E-state index in [1.165, 1.54) is 0 Å². The van der Waals surface area contributed by atoms with Crippen LogP contribution in [0, 0.1) is 0 Å². The zero-order valence-corrected chi connectivity index (χ0v) is 15.1. The fraction of sp³-hybridized carbons (Fsp3) is 0.250. The van der Waals surface area contributed by atoms with Gasteiger partial charge in [-0.05, 0) is 17.7 Å². The Morgan fingerprint density at radius 2 is 1.88 bits per heavy atom. The zero-order chi connectivity index (χ0) is 18.5. The van der Waals surface area contributed by atoms with Gasteiger partial charge in [0.1, 0.15) is 0 Å². The summed E-state index contributed by atoms with van der Waals surface area (Å²) in [5.41, 5.74) is 3.09. The van der Waals surface area contributed by atoms with Crippen LogP contribution in [0.2, 0.25) is 0 Å². The number of rotatable bonds is 6. The molecule has 1 heterocycles.